The van der Waals surface area contributed by atoms with Gasteiger partial charge in [0.15, 0.2) is 0 Å². The Hall–Kier alpha value is -1.88. The molecule has 2 rings (SSSR count). The maximum atomic E-state index is 11.6. The van der Waals surface area contributed by atoms with Crippen molar-refractivity contribution >= 4 is 17.5 Å². The number of hydrogen-bond donors (Lipinski definition) is 2. The highest BCUT2D eigenvalue weighted by molar-refractivity contribution is 6.30. The SMILES string of the molecule is O=C(Cc1ccc(Cl)cc1)NCc1ncn[nH]1. The Labute approximate surface area is 103 Å². The molecule has 0 aliphatic carbocycles. The van der Waals surface area contributed by atoms with Gasteiger partial charge < -0.3 is 5.32 Å². The lowest BCUT2D eigenvalue weighted by Gasteiger charge is -2.03. The van der Waals surface area contributed by atoms with Crippen molar-refractivity contribution in [3.63, 3.8) is 0 Å². The van der Waals surface area contributed by atoms with E-state index in [2.05, 4.69) is 20.5 Å². The fourth-order valence-corrected chi connectivity index (χ4v) is 1.47. The predicted octanol–water partition coefficient (Wildman–Crippen LogP) is 1.32. The maximum absolute atomic E-state index is 11.6. The van der Waals surface area contributed by atoms with Crippen LogP contribution in [0.25, 0.3) is 0 Å². The molecule has 1 amide bonds. The molecule has 0 atom stereocenters. The minimum atomic E-state index is -0.0660. The van der Waals surface area contributed by atoms with E-state index in [0.29, 0.717) is 23.8 Å². The smallest absolute Gasteiger partial charge is 0.224 e. The molecule has 0 radical (unpaired) electrons. The molecule has 2 aromatic rings. The van der Waals surface area contributed by atoms with Gasteiger partial charge in [-0.05, 0) is 17.7 Å². The van der Waals surface area contributed by atoms with E-state index in [1.165, 1.54) is 6.33 Å². The number of H-pyrrole nitrogens is 1. The Balaban J connectivity index is 1.83. The molecule has 0 saturated heterocycles. The van der Waals surface area contributed by atoms with E-state index in [-0.39, 0.29) is 5.91 Å². The van der Waals surface area contributed by atoms with Crippen LogP contribution in [-0.4, -0.2) is 21.1 Å². The molecule has 0 fully saturated rings. The molecular formula is C11H11ClN4O. The predicted molar refractivity (Wildman–Crippen MR) is 63.4 cm³/mol. The largest absolute Gasteiger partial charge is 0.349 e. The van der Waals surface area contributed by atoms with Crippen molar-refractivity contribution in [3.05, 3.63) is 47.0 Å². The van der Waals surface area contributed by atoms with Crippen LogP contribution in [0, 0.1) is 0 Å². The second kappa shape index (κ2) is 5.45. The lowest BCUT2D eigenvalue weighted by Crippen LogP contribution is -2.25. The first-order valence-electron chi connectivity index (χ1n) is 5.09. The minimum absolute atomic E-state index is 0.0660. The molecule has 0 saturated carbocycles. The standard InChI is InChI=1S/C11H11ClN4O/c12-9-3-1-8(2-4-9)5-11(17)13-6-10-14-7-15-16-10/h1-4,7H,5-6H2,(H,13,17)(H,14,15,16). The number of aromatic amines is 1. The lowest BCUT2D eigenvalue weighted by atomic mass is 10.1. The van der Waals surface area contributed by atoms with E-state index < -0.39 is 0 Å². The molecule has 2 N–H and O–H groups in total. The number of aromatic nitrogens is 3. The first kappa shape index (κ1) is 11.6. The van der Waals surface area contributed by atoms with Gasteiger partial charge in [-0.1, -0.05) is 23.7 Å². The van der Waals surface area contributed by atoms with E-state index in [9.17, 15) is 4.79 Å². The molecule has 88 valence electrons. The summed E-state index contributed by atoms with van der Waals surface area (Å²) >= 11 is 5.76. The number of amides is 1. The second-order valence-corrected chi connectivity index (χ2v) is 3.95. The van der Waals surface area contributed by atoms with E-state index in [0.717, 1.165) is 5.56 Å². The summed E-state index contributed by atoms with van der Waals surface area (Å²) < 4.78 is 0. The molecule has 1 heterocycles. The Morgan fingerprint density at radius 3 is 2.76 bits per heavy atom. The monoisotopic (exact) mass is 250 g/mol. The normalized spacial score (nSPS) is 10.2. The van der Waals surface area contributed by atoms with Crippen molar-refractivity contribution in [2.75, 3.05) is 0 Å². The average molecular weight is 251 g/mol. The van der Waals surface area contributed by atoms with E-state index in [1.807, 2.05) is 12.1 Å². The van der Waals surface area contributed by atoms with Crippen LogP contribution >= 0.6 is 11.6 Å². The zero-order valence-electron chi connectivity index (χ0n) is 8.98. The summed E-state index contributed by atoms with van der Waals surface area (Å²) in [7, 11) is 0. The first-order valence-corrected chi connectivity index (χ1v) is 5.47. The average Bonchev–Trinajstić information content (AvgIpc) is 2.83. The lowest BCUT2D eigenvalue weighted by molar-refractivity contribution is -0.120. The third-order valence-electron chi connectivity index (χ3n) is 2.20. The summed E-state index contributed by atoms with van der Waals surface area (Å²) in [4.78, 5) is 15.5. The van der Waals surface area contributed by atoms with Crippen LogP contribution in [0.15, 0.2) is 30.6 Å². The van der Waals surface area contributed by atoms with Gasteiger partial charge in [0.2, 0.25) is 5.91 Å². The quantitative estimate of drug-likeness (QED) is 0.860. The van der Waals surface area contributed by atoms with Crippen LogP contribution in [0.2, 0.25) is 5.02 Å². The van der Waals surface area contributed by atoms with Gasteiger partial charge in [0.25, 0.3) is 0 Å². The molecule has 17 heavy (non-hydrogen) atoms. The highest BCUT2D eigenvalue weighted by Gasteiger charge is 2.04. The van der Waals surface area contributed by atoms with Gasteiger partial charge in [-0.25, -0.2) is 4.98 Å². The van der Waals surface area contributed by atoms with Gasteiger partial charge in [-0.3, -0.25) is 9.89 Å². The van der Waals surface area contributed by atoms with Crippen LogP contribution in [0.4, 0.5) is 0 Å². The van der Waals surface area contributed by atoms with Crippen LogP contribution in [0.1, 0.15) is 11.4 Å². The number of nitrogens with zero attached hydrogens (tertiary/aromatic N) is 2. The van der Waals surface area contributed by atoms with Crippen molar-refractivity contribution < 1.29 is 4.79 Å². The number of halogens is 1. The molecule has 0 bridgehead atoms. The van der Waals surface area contributed by atoms with Crippen LogP contribution in [0.3, 0.4) is 0 Å². The number of carbonyl (C=O) groups is 1. The van der Waals surface area contributed by atoms with E-state index >= 15 is 0 Å². The number of nitrogens with one attached hydrogen (secondary N) is 2. The minimum Gasteiger partial charge on any atom is -0.349 e. The van der Waals surface area contributed by atoms with Crippen LogP contribution in [-0.2, 0) is 17.8 Å². The molecule has 5 nitrogen and oxygen atoms in total. The maximum Gasteiger partial charge on any atom is 0.224 e. The highest BCUT2D eigenvalue weighted by Crippen LogP contribution is 2.09. The number of hydrogen-bond acceptors (Lipinski definition) is 3. The summed E-state index contributed by atoms with van der Waals surface area (Å²) in [6.45, 7) is 0.354. The molecular weight excluding hydrogens is 240 g/mol. The summed E-state index contributed by atoms with van der Waals surface area (Å²) in [5, 5.41) is 9.77. The molecule has 1 aromatic heterocycles. The summed E-state index contributed by atoms with van der Waals surface area (Å²) in [6, 6.07) is 7.19. The molecule has 0 aliphatic heterocycles. The zero-order chi connectivity index (χ0) is 12.1. The first-order chi connectivity index (χ1) is 8.24. The Kier molecular flexibility index (Phi) is 3.72. The van der Waals surface area contributed by atoms with Crippen molar-refractivity contribution in [3.8, 4) is 0 Å². The van der Waals surface area contributed by atoms with Gasteiger partial charge in [0.1, 0.15) is 12.2 Å². The molecule has 0 aliphatic rings. The number of benzene rings is 1. The van der Waals surface area contributed by atoms with Gasteiger partial charge in [-0.2, -0.15) is 5.10 Å². The number of rotatable bonds is 4. The molecule has 0 spiro atoms. The Morgan fingerprint density at radius 2 is 2.12 bits per heavy atom. The van der Waals surface area contributed by atoms with Crippen molar-refractivity contribution in [2.45, 2.75) is 13.0 Å². The summed E-state index contributed by atoms with van der Waals surface area (Å²) in [6.07, 6.45) is 1.73. The van der Waals surface area contributed by atoms with Gasteiger partial charge in [0.05, 0.1) is 13.0 Å². The molecule has 0 unspecified atom stereocenters. The van der Waals surface area contributed by atoms with Crippen molar-refractivity contribution in [1.82, 2.24) is 20.5 Å². The van der Waals surface area contributed by atoms with Crippen molar-refractivity contribution in [1.29, 1.82) is 0 Å². The van der Waals surface area contributed by atoms with Gasteiger partial charge in [-0.15, -0.1) is 0 Å². The van der Waals surface area contributed by atoms with E-state index in [4.69, 9.17) is 11.6 Å². The van der Waals surface area contributed by atoms with E-state index in [1.54, 1.807) is 12.1 Å². The Bertz CT molecular complexity index is 481. The van der Waals surface area contributed by atoms with Gasteiger partial charge in [0, 0.05) is 5.02 Å². The third-order valence-corrected chi connectivity index (χ3v) is 2.45. The summed E-state index contributed by atoms with van der Waals surface area (Å²) in [5.74, 6) is 0.568. The fraction of sp³-hybridized carbons (Fsp3) is 0.182. The Morgan fingerprint density at radius 1 is 1.35 bits per heavy atom. The molecule has 6 heteroatoms. The number of carbonyl (C=O) groups excluding carboxylic acids is 1. The van der Waals surface area contributed by atoms with Crippen LogP contribution in [0.5, 0.6) is 0 Å². The van der Waals surface area contributed by atoms with Crippen LogP contribution < -0.4 is 5.32 Å². The molecule has 1 aromatic carbocycles. The zero-order valence-corrected chi connectivity index (χ0v) is 9.74. The third kappa shape index (κ3) is 3.57. The summed E-state index contributed by atoms with van der Waals surface area (Å²) in [5.41, 5.74) is 0.921. The van der Waals surface area contributed by atoms with Crippen molar-refractivity contribution in [2.24, 2.45) is 0 Å². The second-order valence-electron chi connectivity index (χ2n) is 3.51. The highest BCUT2D eigenvalue weighted by atomic mass is 35.5. The van der Waals surface area contributed by atoms with Gasteiger partial charge >= 0.3 is 0 Å². The fourth-order valence-electron chi connectivity index (χ4n) is 1.35. The topological polar surface area (TPSA) is 70.7 Å².